The van der Waals surface area contributed by atoms with E-state index in [4.69, 9.17) is 0 Å². The van der Waals surface area contributed by atoms with Crippen molar-refractivity contribution in [2.45, 2.75) is 45.6 Å². The van der Waals surface area contributed by atoms with Gasteiger partial charge in [0.05, 0.1) is 0 Å². The van der Waals surface area contributed by atoms with Crippen molar-refractivity contribution in [3.63, 3.8) is 0 Å². The largest absolute Gasteiger partial charge is 0.573 e. The molecular formula is C13H18F3NO. The summed E-state index contributed by atoms with van der Waals surface area (Å²) < 4.78 is 40.6. The number of rotatable bonds is 6. The average molecular weight is 261 g/mol. The van der Waals surface area contributed by atoms with E-state index in [1.165, 1.54) is 12.1 Å². The predicted octanol–water partition coefficient (Wildman–Crippen LogP) is 3.86. The normalized spacial score (nSPS) is 11.9. The Kier molecular flexibility index (Phi) is 5.47. The van der Waals surface area contributed by atoms with Crippen LogP contribution in [0.3, 0.4) is 0 Å². The molecule has 0 aliphatic heterocycles. The second-order valence-corrected chi connectivity index (χ2v) is 4.05. The second-order valence-electron chi connectivity index (χ2n) is 4.05. The minimum Gasteiger partial charge on any atom is -0.405 e. The van der Waals surface area contributed by atoms with Crippen LogP contribution in [0.15, 0.2) is 24.3 Å². The molecule has 0 unspecified atom stereocenters. The Bertz CT molecular complexity index is 361. The highest BCUT2D eigenvalue weighted by atomic mass is 19.4. The molecule has 0 atom stereocenters. The van der Waals surface area contributed by atoms with Crippen molar-refractivity contribution < 1.29 is 17.9 Å². The smallest absolute Gasteiger partial charge is 0.405 e. The van der Waals surface area contributed by atoms with Crippen molar-refractivity contribution in [3.05, 3.63) is 29.8 Å². The van der Waals surface area contributed by atoms with Crippen LogP contribution in [0.2, 0.25) is 0 Å². The van der Waals surface area contributed by atoms with Crippen molar-refractivity contribution >= 4 is 0 Å². The Hall–Kier alpha value is -1.23. The van der Waals surface area contributed by atoms with Gasteiger partial charge in [0.2, 0.25) is 0 Å². The Balaban J connectivity index is 2.70. The van der Waals surface area contributed by atoms with Gasteiger partial charge in [-0.2, -0.15) is 0 Å². The van der Waals surface area contributed by atoms with Gasteiger partial charge >= 0.3 is 6.36 Å². The molecule has 1 aromatic rings. The number of alkyl halides is 3. The molecule has 0 bridgehead atoms. The van der Waals surface area contributed by atoms with Gasteiger partial charge in [-0.3, -0.25) is 0 Å². The van der Waals surface area contributed by atoms with Crippen LogP contribution in [0.5, 0.6) is 5.75 Å². The maximum Gasteiger partial charge on any atom is 0.573 e. The van der Waals surface area contributed by atoms with Crippen LogP contribution < -0.4 is 10.1 Å². The van der Waals surface area contributed by atoms with Crippen LogP contribution in [0.1, 0.15) is 32.3 Å². The number of para-hydroxylation sites is 1. The third-order valence-corrected chi connectivity index (χ3v) is 2.77. The molecule has 0 saturated carbocycles. The first-order chi connectivity index (χ1) is 8.46. The van der Waals surface area contributed by atoms with Crippen LogP contribution in [0.25, 0.3) is 0 Å². The molecule has 0 aromatic heterocycles. The highest BCUT2D eigenvalue weighted by Crippen LogP contribution is 2.26. The second kappa shape index (κ2) is 6.64. The molecule has 102 valence electrons. The molecule has 0 saturated heterocycles. The molecule has 18 heavy (non-hydrogen) atoms. The zero-order valence-corrected chi connectivity index (χ0v) is 10.6. The third-order valence-electron chi connectivity index (χ3n) is 2.77. The quantitative estimate of drug-likeness (QED) is 0.839. The lowest BCUT2D eigenvalue weighted by Crippen LogP contribution is -2.27. The van der Waals surface area contributed by atoms with E-state index in [0.717, 1.165) is 12.8 Å². The molecule has 5 heteroatoms. The lowest BCUT2D eigenvalue weighted by atomic mass is 10.1. The van der Waals surface area contributed by atoms with E-state index >= 15 is 0 Å². The van der Waals surface area contributed by atoms with Gasteiger partial charge in [0.15, 0.2) is 0 Å². The van der Waals surface area contributed by atoms with Crippen LogP contribution >= 0.6 is 0 Å². The fourth-order valence-electron chi connectivity index (χ4n) is 1.71. The first-order valence-corrected chi connectivity index (χ1v) is 6.03. The standard InChI is InChI=1S/C13H18F3NO/c1-3-11(4-2)17-9-10-7-5-6-8-12(10)18-13(14,15)16/h5-8,11,17H,3-4,9H2,1-2H3. The van der Waals surface area contributed by atoms with Gasteiger partial charge in [-0.1, -0.05) is 32.0 Å². The van der Waals surface area contributed by atoms with E-state index in [2.05, 4.69) is 10.1 Å². The lowest BCUT2D eigenvalue weighted by Gasteiger charge is -2.17. The van der Waals surface area contributed by atoms with Crippen LogP contribution in [-0.4, -0.2) is 12.4 Å². The highest BCUT2D eigenvalue weighted by Gasteiger charge is 2.31. The van der Waals surface area contributed by atoms with E-state index in [1.54, 1.807) is 12.1 Å². The number of ether oxygens (including phenoxy) is 1. The number of halogens is 3. The zero-order valence-electron chi connectivity index (χ0n) is 10.6. The topological polar surface area (TPSA) is 21.3 Å². The summed E-state index contributed by atoms with van der Waals surface area (Å²) in [6.07, 6.45) is -2.76. The molecule has 1 aromatic carbocycles. The molecular weight excluding hydrogens is 243 g/mol. The summed E-state index contributed by atoms with van der Waals surface area (Å²) in [5.74, 6) is -0.136. The van der Waals surface area contributed by atoms with Crippen molar-refractivity contribution in [1.82, 2.24) is 5.32 Å². The molecule has 0 heterocycles. The van der Waals surface area contributed by atoms with Crippen LogP contribution in [0, 0.1) is 0 Å². The summed E-state index contributed by atoms with van der Waals surface area (Å²) in [6, 6.07) is 6.51. The first-order valence-electron chi connectivity index (χ1n) is 6.03. The summed E-state index contributed by atoms with van der Waals surface area (Å²) in [7, 11) is 0. The third kappa shape index (κ3) is 4.96. The molecule has 0 amide bonds. The van der Waals surface area contributed by atoms with Gasteiger partial charge in [0.25, 0.3) is 0 Å². The van der Waals surface area contributed by atoms with Gasteiger partial charge in [0, 0.05) is 18.2 Å². The van der Waals surface area contributed by atoms with E-state index in [9.17, 15) is 13.2 Å². The predicted molar refractivity (Wildman–Crippen MR) is 64.3 cm³/mol. The fourth-order valence-corrected chi connectivity index (χ4v) is 1.71. The molecule has 0 aliphatic rings. The van der Waals surface area contributed by atoms with Gasteiger partial charge in [-0.05, 0) is 18.9 Å². The Morgan fingerprint density at radius 3 is 2.33 bits per heavy atom. The summed E-state index contributed by atoms with van der Waals surface area (Å²) in [4.78, 5) is 0. The summed E-state index contributed by atoms with van der Waals surface area (Å²) >= 11 is 0. The van der Waals surface area contributed by atoms with E-state index in [1.807, 2.05) is 13.8 Å². The summed E-state index contributed by atoms with van der Waals surface area (Å²) in [5, 5.41) is 3.21. The van der Waals surface area contributed by atoms with Crippen LogP contribution in [-0.2, 0) is 6.54 Å². The van der Waals surface area contributed by atoms with Crippen molar-refractivity contribution in [2.75, 3.05) is 0 Å². The number of nitrogens with one attached hydrogen (secondary N) is 1. The van der Waals surface area contributed by atoms with Gasteiger partial charge in [0.1, 0.15) is 5.75 Å². The molecule has 2 nitrogen and oxygen atoms in total. The van der Waals surface area contributed by atoms with E-state index in [0.29, 0.717) is 18.2 Å². The van der Waals surface area contributed by atoms with Gasteiger partial charge in [-0.25, -0.2) is 0 Å². The Morgan fingerprint density at radius 2 is 1.78 bits per heavy atom. The van der Waals surface area contributed by atoms with Crippen LogP contribution in [0.4, 0.5) is 13.2 Å². The highest BCUT2D eigenvalue weighted by molar-refractivity contribution is 5.33. The zero-order chi connectivity index (χ0) is 13.6. The minimum atomic E-state index is -4.65. The van der Waals surface area contributed by atoms with Gasteiger partial charge in [-0.15, -0.1) is 13.2 Å². The maximum absolute atomic E-state index is 12.2. The molecule has 1 rings (SSSR count). The van der Waals surface area contributed by atoms with Crippen molar-refractivity contribution in [1.29, 1.82) is 0 Å². The fraction of sp³-hybridized carbons (Fsp3) is 0.538. The molecule has 1 N–H and O–H groups in total. The van der Waals surface area contributed by atoms with Crippen molar-refractivity contribution in [3.8, 4) is 5.75 Å². The molecule has 0 radical (unpaired) electrons. The summed E-state index contributed by atoms with van der Waals surface area (Å²) in [5.41, 5.74) is 0.515. The number of benzene rings is 1. The lowest BCUT2D eigenvalue weighted by molar-refractivity contribution is -0.274. The van der Waals surface area contributed by atoms with E-state index in [-0.39, 0.29) is 5.75 Å². The number of hydrogen-bond donors (Lipinski definition) is 1. The maximum atomic E-state index is 12.2. The average Bonchev–Trinajstić information content (AvgIpc) is 2.30. The summed E-state index contributed by atoms with van der Waals surface area (Å²) in [6.45, 7) is 4.46. The Labute approximate surface area is 105 Å². The van der Waals surface area contributed by atoms with Crippen molar-refractivity contribution in [2.24, 2.45) is 0 Å². The monoisotopic (exact) mass is 261 g/mol. The number of hydrogen-bond acceptors (Lipinski definition) is 2. The molecule has 0 aliphatic carbocycles. The van der Waals surface area contributed by atoms with E-state index < -0.39 is 6.36 Å². The SMILES string of the molecule is CCC(CC)NCc1ccccc1OC(F)(F)F. The minimum absolute atomic E-state index is 0.136. The first kappa shape index (κ1) is 14.8. The molecule has 0 fully saturated rings. The molecule has 0 spiro atoms. The van der Waals surface area contributed by atoms with Gasteiger partial charge < -0.3 is 10.1 Å². The Morgan fingerprint density at radius 1 is 1.17 bits per heavy atom.